The number of carbonyl (C=O) groups excluding carboxylic acids is 1. The lowest BCUT2D eigenvalue weighted by Gasteiger charge is -2.44. The van der Waals surface area contributed by atoms with E-state index in [-0.39, 0.29) is 51.7 Å². The fourth-order valence-electron chi connectivity index (χ4n) is 5.01. The average molecular weight is 498 g/mol. The molecule has 0 radical (unpaired) electrons. The molecule has 4 rings (SSSR count). The fraction of sp³-hybridized carbons (Fsp3) is 0.409. The van der Waals surface area contributed by atoms with Crippen LogP contribution in [0.1, 0.15) is 31.2 Å². The summed E-state index contributed by atoms with van der Waals surface area (Å²) in [6.07, 6.45) is 3.23. The molecule has 0 spiro atoms. The van der Waals surface area contributed by atoms with Crippen LogP contribution in [0.25, 0.3) is 0 Å². The minimum absolute atomic E-state index is 0. The Hall–Kier alpha value is -2.39. The summed E-state index contributed by atoms with van der Waals surface area (Å²) in [5.41, 5.74) is 1.04. The molecule has 2 fully saturated rings. The Morgan fingerprint density at radius 3 is 2.58 bits per heavy atom. The minimum Gasteiger partial charge on any atom is -0.504 e. The summed E-state index contributed by atoms with van der Waals surface area (Å²) in [7, 11) is 2.05. The van der Waals surface area contributed by atoms with E-state index in [2.05, 4.69) is 22.6 Å². The highest BCUT2D eigenvalue weighted by Crippen LogP contribution is 2.49. The number of benzene rings is 2. The van der Waals surface area contributed by atoms with Crippen molar-refractivity contribution in [2.24, 2.45) is 0 Å². The molecule has 0 bridgehead atoms. The van der Waals surface area contributed by atoms with Crippen LogP contribution in [0.15, 0.2) is 36.4 Å². The van der Waals surface area contributed by atoms with Crippen molar-refractivity contribution in [2.75, 3.05) is 18.9 Å². The first-order chi connectivity index (χ1) is 14.3. The summed E-state index contributed by atoms with van der Waals surface area (Å²) in [6, 6.07) is 7.91. The number of hydrogen-bond acceptors (Lipinski definition) is 4. The summed E-state index contributed by atoms with van der Waals surface area (Å²) >= 11 is 0. The van der Waals surface area contributed by atoms with Crippen LogP contribution in [0.2, 0.25) is 0 Å². The molecule has 0 aromatic heterocycles. The van der Waals surface area contributed by atoms with Crippen LogP contribution >= 0.6 is 17.0 Å². The molecule has 2 aliphatic rings. The van der Waals surface area contributed by atoms with Crippen molar-refractivity contribution >= 4 is 28.7 Å². The molecular weight excluding hydrogens is 472 g/mol. The van der Waals surface area contributed by atoms with Gasteiger partial charge >= 0.3 is 6.03 Å². The summed E-state index contributed by atoms with van der Waals surface area (Å²) in [6.45, 7) is 0.903. The van der Waals surface area contributed by atoms with Gasteiger partial charge in [0.15, 0.2) is 23.1 Å². The number of phenolic OH excluding ortho intramolecular Hbond substituents is 2. The number of fused-ring (bicyclic) bond motifs is 1. The Kier molecular flexibility index (Phi) is 6.76. The third kappa shape index (κ3) is 4.48. The number of halogens is 3. The third-order valence-corrected chi connectivity index (χ3v) is 6.59. The van der Waals surface area contributed by atoms with E-state index < -0.39 is 17.7 Å². The van der Waals surface area contributed by atoms with Gasteiger partial charge in [0.1, 0.15) is 0 Å². The van der Waals surface area contributed by atoms with E-state index in [1.54, 1.807) is 6.07 Å². The highest BCUT2D eigenvalue weighted by Gasteiger charge is 2.50. The maximum Gasteiger partial charge on any atom is 0.319 e. The van der Waals surface area contributed by atoms with E-state index in [0.717, 1.165) is 49.9 Å². The largest absolute Gasteiger partial charge is 0.504 e. The molecular formula is C22H26BrF2N3O3. The number of nitrogens with one attached hydrogen (secondary N) is 2. The van der Waals surface area contributed by atoms with E-state index in [1.807, 2.05) is 6.07 Å². The van der Waals surface area contributed by atoms with Crippen LogP contribution < -0.4 is 10.6 Å². The van der Waals surface area contributed by atoms with Gasteiger partial charge in [-0.15, -0.1) is 17.0 Å². The third-order valence-electron chi connectivity index (χ3n) is 6.59. The van der Waals surface area contributed by atoms with E-state index in [4.69, 9.17) is 0 Å². The zero-order valence-corrected chi connectivity index (χ0v) is 18.8. The van der Waals surface area contributed by atoms with E-state index in [9.17, 15) is 23.8 Å². The predicted octanol–water partition coefficient (Wildman–Crippen LogP) is 4.27. The zero-order chi connectivity index (χ0) is 21.5. The van der Waals surface area contributed by atoms with Crippen molar-refractivity contribution in [1.29, 1.82) is 0 Å². The molecule has 1 saturated carbocycles. The van der Waals surface area contributed by atoms with Crippen molar-refractivity contribution in [1.82, 2.24) is 10.2 Å². The standard InChI is InChI=1S/C22H25F2N3O3.BrH/c1-27-9-8-22(13-2-5-18(28)19(29)10-13)7-6-15(12-20(22)27)26-21(30)25-14-3-4-16(23)17(24)11-14;/h2-5,10-11,15,20,28-29H,6-9,12H2,1H3,(H2,25,26,30);1H/t15-,20+,22+;/m1./s1. The number of nitrogens with zero attached hydrogens (tertiary/aromatic N) is 1. The van der Waals surface area contributed by atoms with Crippen molar-refractivity contribution in [3.63, 3.8) is 0 Å². The van der Waals surface area contributed by atoms with E-state index in [0.29, 0.717) is 0 Å². The number of amides is 2. The molecule has 3 atom stereocenters. The van der Waals surface area contributed by atoms with Crippen molar-refractivity contribution < 1.29 is 23.8 Å². The molecule has 1 saturated heterocycles. The smallest absolute Gasteiger partial charge is 0.319 e. The van der Waals surface area contributed by atoms with Gasteiger partial charge in [0, 0.05) is 29.3 Å². The van der Waals surface area contributed by atoms with Crippen molar-refractivity contribution in [3.05, 3.63) is 53.6 Å². The number of anilines is 1. The molecule has 2 aromatic carbocycles. The second-order valence-corrected chi connectivity index (χ2v) is 8.30. The molecule has 31 heavy (non-hydrogen) atoms. The number of hydrogen-bond donors (Lipinski definition) is 4. The highest BCUT2D eigenvalue weighted by atomic mass is 79.9. The highest BCUT2D eigenvalue weighted by molar-refractivity contribution is 8.93. The molecule has 0 unspecified atom stereocenters. The Labute approximate surface area is 190 Å². The van der Waals surface area contributed by atoms with Gasteiger partial charge < -0.3 is 25.7 Å². The first-order valence-corrected chi connectivity index (χ1v) is 10.0. The predicted molar refractivity (Wildman–Crippen MR) is 119 cm³/mol. The molecule has 168 valence electrons. The number of urea groups is 1. The van der Waals surface area contributed by atoms with Gasteiger partial charge in [-0.3, -0.25) is 0 Å². The van der Waals surface area contributed by atoms with Gasteiger partial charge in [-0.25, -0.2) is 13.6 Å². The quantitative estimate of drug-likeness (QED) is 0.477. The van der Waals surface area contributed by atoms with Crippen LogP contribution in [0.4, 0.5) is 19.3 Å². The lowest BCUT2D eigenvalue weighted by atomic mass is 9.65. The van der Waals surface area contributed by atoms with Crippen molar-refractivity contribution in [3.8, 4) is 11.5 Å². The maximum atomic E-state index is 13.3. The lowest BCUT2D eigenvalue weighted by molar-refractivity contribution is 0.156. The van der Waals surface area contributed by atoms with Crippen LogP contribution in [0, 0.1) is 11.6 Å². The Balaban J connectivity index is 0.00000272. The second-order valence-electron chi connectivity index (χ2n) is 8.30. The van der Waals surface area contributed by atoms with Gasteiger partial charge in [0.2, 0.25) is 0 Å². The summed E-state index contributed by atoms with van der Waals surface area (Å²) in [5, 5.41) is 25.1. The molecule has 1 aliphatic heterocycles. The summed E-state index contributed by atoms with van der Waals surface area (Å²) in [4.78, 5) is 14.6. The molecule has 9 heteroatoms. The van der Waals surface area contributed by atoms with Gasteiger partial charge in [0.25, 0.3) is 0 Å². The second kappa shape index (κ2) is 9.00. The van der Waals surface area contributed by atoms with E-state index in [1.165, 1.54) is 12.1 Å². The van der Waals surface area contributed by atoms with Crippen LogP contribution in [-0.2, 0) is 5.41 Å². The van der Waals surface area contributed by atoms with Gasteiger partial charge in [0.05, 0.1) is 0 Å². The summed E-state index contributed by atoms with van der Waals surface area (Å²) < 4.78 is 26.4. The number of likely N-dealkylation sites (N-methyl/N-ethyl adjacent to an activating group) is 1. The Morgan fingerprint density at radius 1 is 1.10 bits per heavy atom. The Bertz CT molecular complexity index is 977. The number of likely N-dealkylation sites (tertiary alicyclic amines) is 1. The normalized spacial score (nSPS) is 25.4. The molecule has 2 aromatic rings. The van der Waals surface area contributed by atoms with E-state index >= 15 is 0 Å². The minimum atomic E-state index is -1.01. The molecule has 1 aliphatic carbocycles. The number of carbonyl (C=O) groups is 1. The first kappa shape index (κ1) is 23.3. The number of phenols is 2. The molecule has 6 nitrogen and oxygen atoms in total. The van der Waals surface area contributed by atoms with Crippen molar-refractivity contribution in [2.45, 2.75) is 43.2 Å². The fourth-order valence-corrected chi connectivity index (χ4v) is 5.01. The topological polar surface area (TPSA) is 84.8 Å². The molecule has 1 heterocycles. The monoisotopic (exact) mass is 497 g/mol. The maximum absolute atomic E-state index is 13.3. The first-order valence-electron chi connectivity index (χ1n) is 10.0. The van der Waals surface area contributed by atoms with Gasteiger partial charge in [-0.05, 0) is 69.1 Å². The number of aromatic hydroxyl groups is 2. The average Bonchev–Trinajstić information content (AvgIpc) is 3.04. The zero-order valence-electron chi connectivity index (χ0n) is 17.1. The van der Waals surface area contributed by atoms with Gasteiger partial charge in [-0.1, -0.05) is 6.07 Å². The SMILES string of the molecule is Br.CN1CC[C@]2(c3ccc(O)c(O)c3)CC[C@@H](NC(=O)Nc3ccc(F)c(F)c3)C[C@H]12. The van der Waals surface area contributed by atoms with Crippen LogP contribution in [0.5, 0.6) is 11.5 Å². The van der Waals surface area contributed by atoms with Crippen LogP contribution in [0.3, 0.4) is 0 Å². The molecule has 4 N–H and O–H groups in total. The number of rotatable bonds is 3. The molecule has 2 amide bonds. The van der Waals surface area contributed by atoms with Gasteiger partial charge in [-0.2, -0.15) is 0 Å². The Morgan fingerprint density at radius 2 is 1.87 bits per heavy atom. The summed E-state index contributed by atoms with van der Waals surface area (Å²) in [5.74, 6) is -2.24. The lowest BCUT2D eigenvalue weighted by Crippen LogP contribution is -2.52. The van der Waals surface area contributed by atoms with Crippen LogP contribution in [-0.4, -0.2) is 46.8 Å².